The number of piperazine rings is 1. The van der Waals surface area contributed by atoms with Crippen LogP contribution in [0.5, 0.6) is 0 Å². The predicted molar refractivity (Wildman–Crippen MR) is 90.1 cm³/mol. The lowest BCUT2D eigenvalue weighted by atomic mass is 10.1. The van der Waals surface area contributed by atoms with Gasteiger partial charge in [0.2, 0.25) is 0 Å². The van der Waals surface area contributed by atoms with Gasteiger partial charge >= 0.3 is 0 Å². The van der Waals surface area contributed by atoms with E-state index >= 15 is 0 Å². The van der Waals surface area contributed by atoms with Gasteiger partial charge in [-0.3, -0.25) is 10.00 Å². The first kappa shape index (κ1) is 15.9. The predicted octanol–water partition coefficient (Wildman–Crippen LogP) is 2.34. The van der Waals surface area contributed by atoms with Crippen LogP contribution >= 0.6 is 0 Å². The molecular formula is C17H18F2N6. The van der Waals surface area contributed by atoms with Gasteiger partial charge in [0.1, 0.15) is 23.8 Å². The minimum absolute atomic E-state index is 0.204. The number of aromatic nitrogens is 4. The lowest BCUT2D eigenvalue weighted by Gasteiger charge is -2.40. The maximum Gasteiger partial charge on any atom is 0.160 e. The van der Waals surface area contributed by atoms with Crippen molar-refractivity contribution in [2.75, 3.05) is 24.5 Å². The first-order valence-corrected chi connectivity index (χ1v) is 8.19. The van der Waals surface area contributed by atoms with Crippen molar-refractivity contribution in [3.63, 3.8) is 0 Å². The number of anilines is 1. The molecule has 1 N–H and O–H groups in total. The van der Waals surface area contributed by atoms with E-state index in [4.69, 9.17) is 0 Å². The number of hydrogen-bond donors (Lipinski definition) is 1. The number of halogens is 2. The van der Waals surface area contributed by atoms with Crippen LogP contribution in [0.2, 0.25) is 0 Å². The molecule has 0 bridgehead atoms. The number of rotatable bonds is 3. The molecule has 1 aliphatic heterocycles. The fraction of sp³-hybridized carbons (Fsp3) is 0.353. The van der Waals surface area contributed by atoms with Crippen LogP contribution in [0.3, 0.4) is 0 Å². The van der Waals surface area contributed by atoms with Crippen LogP contribution in [0.15, 0.2) is 30.7 Å². The van der Waals surface area contributed by atoms with Crippen LogP contribution in [-0.4, -0.2) is 50.7 Å². The quantitative estimate of drug-likeness (QED) is 0.790. The van der Waals surface area contributed by atoms with Crippen LogP contribution < -0.4 is 4.90 Å². The Balaban J connectivity index is 1.49. The van der Waals surface area contributed by atoms with Crippen LogP contribution in [0.1, 0.15) is 12.5 Å². The Labute approximate surface area is 143 Å². The molecule has 0 spiro atoms. The first-order chi connectivity index (χ1) is 12.1. The molecule has 8 heteroatoms. The first-order valence-electron chi connectivity index (χ1n) is 8.19. The minimum atomic E-state index is -0.549. The molecule has 0 saturated carbocycles. The van der Waals surface area contributed by atoms with Crippen molar-refractivity contribution in [1.82, 2.24) is 25.1 Å². The summed E-state index contributed by atoms with van der Waals surface area (Å²) in [7, 11) is 0. The molecule has 130 valence electrons. The average Bonchev–Trinajstić information content (AvgIpc) is 3.07. The summed E-state index contributed by atoms with van der Waals surface area (Å²) in [5, 5.41) is 7.77. The van der Waals surface area contributed by atoms with Crippen molar-refractivity contribution in [3.8, 4) is 0 Å². The zero-order chi connectivity index (χ0) is 17.4. The smallest absolute Gasteiger partial charge is 0.160 e. The third-order valence-electron chi connectivity index (χ3n) is 4.68. The number of benzene rings is 1. The minimum Gasteiger partial charge on any atom is -0.353 e. The standard InChI is InChI=1S/C17H18F2N6/c1-11-8-25(17-14-7-22-23-16(14)20-10-21-17)5-4-24(11)9-12-2-3-13(18)6-15(12)19/h2-3,6-7,10-11H,4-5,8-9H2,1H3,(H,20,21,22,23). The normalized spacial score (nSPS) is 18.8. The van der Waals surface area contributed by atoms with Crippen LogP contribution in [0, 0.1) is 11.6 Å². The van der Waals surface area contributed by atoms with E-state index in [9.17, 15) is 8.78 Å². The molecule has 6 nitrogen and oxygen atoms in total. The van der Waals surface area contributed by atoms with E-state index < -0.39 is 11.6 Å². The molecule has 1 saturated heterocycles. The number of aromatic amines is 1. The lowest BCUT2D eigenvalue weighted by Crippen LogP contribution is -2.51. The van der Waals surface area contributed by atoms with Gasteiger partial charge in [-0.15, -0.1) is 0 Å². The Kier molecular flexibility index (Phi) is 4.04. The topological polar surface area (TPSA) is 60.9 Å². The maximum absolute atomic E-state index is 13.9. The van der Waals surface area contributed by atoms with Gasteiger partial charge in [-0.2, -0.15) is 5.10 Å². The Hall–Kier alpha value is -2.61. The number of fused-ring (bicyclic) bond motifs is 1. The van der Waals surface area contributed by atoms with Crippen molar-refractivity contribution in [2.45, 2.75) is 19.5 Å². The van der Waals surface area contributed by atoms with Crippen molar-refractivity contribution < 1.29 is 8.78 Å². The molecule has 1 unspecified atom stereocenters. The van der Waals surface area contributed by atoms with Crippen molar-refractivity contribution in [3.05, 3.63) is 47.9 Å². The van der Waals surface area contributed by atoms with E-state index in [-0.39, 0.29) is 6.04 Å². The number of nitrogens with one attached hydrogen (secondary N) is 1. The summed E-state index contributed by atoms with van der Waals surface area (Å²) in [5.74, 6) is -0.184. The summed E-state index contributed by atoms with van der Waals surface area (Å²) < 4.78 is 27.0. The fourth-order valence-electron chi connectivity index (χ4n) is 3.30. The number of H-pyrrole nitrogens is 1. The summed E-state index contributed by atoms with van der Waals surface area (Å²) in [5.41, 5.74) is 1.23. The summed E-state index contributed by atoms with van der Waals surface area (Å²) in [6, 6.07) is 3.96. The lowest BCUT2D eigenvalue weighted by molar-refractivity contribution is 0.178. The molecule has 0 amide bonds. The second kappa shape index (κ2) is 6.36. The van der Waals surface area contributed by atoms with Crippen molar-refractivity contribution in [2.24, 2.45) is 0 Å². The van der Waals surface area contributed by atoms with Crippen LogP contribution in [-0.2, 0) is 6.54 Å². The van der Waals surface area contributed by atoms with Crippen molar-refractivity contribution in [1.29, 1.82) is 0 Å². The summed E-state index contributed by atoms with van der Waals surface area (Å²) >= 11 is 0. The molecule has 4 rings (SSSR count). The van der Waals surface area contributed by atoms with E-state index in [1.165, 1.54) is 18.5 Å². The molecule has 0 aliphatic carbocycles. The highest BCUT2D eigenvalue weighted by Gasteiger charge is 2.26. The Morgan fingerprint density at radius 2 is 2.12 bits per heavy atom. The Bertz CT molecular complexity index is 896. The molecule has 3 aromatic rings. The number of nitrogens with zero attached hydrogens (tertiary/aromatic N) is 5. The van der Waals surface area contributed by atoms with Crippen LogP contribution in [0.4, 0.5) is 14.6 Å². The average molecular weight is 344 g/mol. The molecule has 1 fully saturated rings. The third-order valence-corrected chi connectivity index (χ3v) is 4.68. The van der Waals surface area contributed by atoms with Gasteiger partial charge in [-0.05, 0) is 13.0 Å². The maximum atomic E-state index is 13.9. The highest BCUT2D eigenvalue weighted by Crippen LogP contribution is 2.24. The van der Waals surface area contributed by atoms with Crippen molar-refractivity contribution >= 4 is 16.9 Å². The third kappa shape index (κ3) is 3.05. The molecule has 1 aromatic carbocycles. The van der Waals surface area contributed by atoms with Gasteiger partial charge < -0.3 is 4.90 Å². The second-order valence-electron chi connectivity index (χ2n) is 6.33. The molecule has 3 heterocycles. The molecule has 25 heavy (non-hydrogen) atoms. The van der Waals surface area contributed by atoms with E-state index in [1.54, 1.807) is 6.20 Å². The van der Waals surface area contributed by atoms with Gasteiger partial charge in [0, 0.05) is 43.9 Å². The van der Waals surface area contributed by atoms with Gasteiger partial charge in [-0.1, -0.05) is 6.07 Å². The molecule has 1 aliphatic rings. The molecular weight excluding hydrogens is 326 g/mol. The molecule has 2 aromatic heterocycles. The summed E-state index contributed by atoms with van der Waals surface area (Å²) in [4.78, 5) is 13.0. The van der Waals surface area contributed by atoms with Gasteiger partial charge in [-0.25, -0.2) is 18.7 Å². The second-order valence-corrected chi connectivity index (χ2v) is 6.33. The van der Waals surface area contributed by atoms with Gasteiger partial charge in [0.15, 0.2) is 5.65 Å². The van der Waals surface area contributed by atoms with E-state index in [0.29, 0.717) is 17.8 Å². The number of hydrogen-bond acceptors (Lipinski definition) is 5. The summed E-state index contributed by atoms with van der Waals surface area (Å²) in [6.07, 6.45) is 3.26. The highest BCUT2D eigenvalue weighted by molar-refractivity contribution is 5.86. The largest absolute Gasteiger partial charge is 0.353 e. The molecule has 0 radical (unpaired) electrons. The Morgan fingerprint density at radius 3 is 2.92 bits per heavy atom. The monoisotopic (exact) mass is 344 g/mol. The van der Waals surface area contributed by atoms with Gasteiger partial charge in [0.25, 0.3) is 0 Å². The Morgan fingerprint density at radius 1 is 1.24 bits per heavy atom. The SMILES string of the molecule is CC1CN(c2ncnc3[nH]ncc23)CCN1Cc1ccc(F)cc1F. The zero-order valence-corrected chi connectivity index (χ0v) is 13.8. The van der Waals surface area contributed by atoms with E-state index in [1.807, 2.05) is 0 Å². The zero-order valence-electron chi connectivity index (χ0n) is 13.8. The highest BCUT2D eigenvalue weighted by atomic mass is 19.1. The van der Waals surface area contributed by atoms with Gasteiger partial charge in [0.05, 0.1) is 11.6 Å². The van der Waals surface area contributed by atoms with E-state index in [2.05, 4.69) is 36.9 Å². The summed E-state index contributed by atoms with van der Waals surface area (Å²) in [6.45, 7) is 4.86. The molecule has 1 atom stereocenters. The fourth-order valence-corrected chi connectivity index (χ4v) is 3.30. The van der Waals surface area contributed by atoms with Crippen LogP contribution in [0.25, 0.3) is 11.0 Å². The van der Waals surface area contributed by atoms with E-state index in [0.717, 1.165) is 36.9 Å².